The molecule has 1 aromatic rings. The Morgan fingerprint density at radius 2 is 1.67 bits per heavy atom. The molecule has 4 nitrogen and oxygen atoms in total. The van der Waals surface area contributed by atoms with Gasteiger partial charge in [0.2, 0.25) is 0 Å². The van der Waals surface area contributed by atoms with Crippen molar-refractivity contribution in [3.05, 3.63) is 35.1 Å². The van der Waals surface area contributed by atoms with Gasteiger partial charge in [0.25, 0.3) is 0 Å². The van der Waals surface area contributed by atoms with E-state index in [-0.39, 0.29) is 12.1 Å². The van der Waals surface area contributed by atoms with Crippen molar-refractivity contribution in [3.8, 4) is 0 Å². The van der Waals surface area contributed by atoms with Gasteiger partial charge < -0.3 is 9.64 Å². The van der Waals surface area contributed by atoms with Gasteiger partial charge in [-0.1, -0.05) is 0 Å². The Balaban J connectivity index is 1.81. The summed E-state index contributed by atoms with van der Waals surface area (Å²) in [6.45, 7) is 5.37. The van der Waals surface area contributed by atoms with E-state index in [2.05, 4.69) is 0 Å². The highest BCUT2D eigenvalue weighted by molar-refractivity contribution is 5.98. The molecule has 1 aromatic carbocycles. The van der Waals surface area contributed by atoms with Crippen LogP contribution in [0.15, 0.2) is 12.1 Å². The van der Waals surface area contributed by atoms with E-state index in [4.69, 9.17) is 4.74 Å². The van der Waals surface area contributed by atoms with Crippen LogP contribution in [0.3, 0.4) is 0 Å². The van der Waals surface area contributed by atoms with Gasteiger partial charge in [0.05, 0.1) is 5.56 Å². The molecule has 2 bridgehead atoms. The number of rotatable bonds is 2. The molecular formula is C20H24F3NO3. The number of fused-ring (bicyclic) bond motifs is 2. The van der Waals surface area contributed by atoms with Gasteiger partial charge in [0.1, 0.15) is 11.4 Å². The highest BCUT2D eigenvalue weighted by Crippen LogP contribution is 2.39. The first-order chi connectivity index (χ1) is 12.6. The van der Waals surface area contributed by atoms with E-state index in [0.29, 0.717) is 18.9 Å². The van der Waals surface area contributed by atoms with Crippen LogP contribution >= 0.6 is 0 Å². The quantitative estimate of drug-likeness (QED) is 0.542. The second-order valence-corrected chi connectivity index (χ2v) is 8.41. The van der Waals surface area contributed by atoms with E-state index in [1.165, 1.54) is 0 Å². The van der Waals surface area contributed by atoms with Gasteiger partial charge in [-0.2, -0.15) is 0 Å². The minimum absolute atomic E-state index is 0.192. The first kappa shape index (κ1) is 19.7. The fourth-order valence-corrected chi connectivity index (χ4v) is 4.16. The zero-order valence-electron chi connectivity index (χ0n) is 15.7. The lowest BCUT2D eigenvalue weighted by atomic mass is 9.75. The summed E-state index contributed by atoms with van der Waals surface area (Å²) in [5.74, 6) is -4.85. The van der Waals surface area contributed by atoms with Crippen LogP contribution in [-0.4, -0.2) is 34.5 Å². The minimum Gasteiger partial charge on any atom is -0.444 e. The molecule has 7 heteroatoms. The Bertz CT molecular complexity index is 746. The van der Waals surface area contributed by atoms with Gasteiger partial charge >= 0.3 is 6.09 Å². The summed E-state index contributed by atoms with van der Waals surface area (Å²) in [5.41, 5.74) is -1.18. The van der Waals surface area contributed by atoms with Gasteiger partial charge in [0, 0.05) is 24.1 Å². The summed E-state index contributed by atoms with van der Waals surface area (Å²) in [5, 5.41) is 0. The van der Waals surface area contributed by atoms with Gasteiger partial charge in [-0.3, -0.25) is 4.79 Å². The number of ketones is 1. The van der Waals surface area contributed by atoms with Crippen molar-refractivity contribution in [3.63, 3.8) is 0 Å². The lowest BCUT2D eigenvalue weighted by molar-refractivity contribution is -0.0261. The Kier molecular flexibility index (Phi) is 5.23. The number of carbonyl (C=O) groups excluding carboxylic acids is 2. The van der Waals surface area contributed by atoms with Crippen LogP contribution in [-0.2, 0) is 4.74 Å². The molecule has 0 radical (unpaired) electrons. The number of halogens is 3. The first-order valence-corrected chi connectivity index (χ1v) is 9.27. The second-order valence-electron chi connectivity index (χ2n) is 8.41. The van der Waals surface area contributed by atoms with Gasteiger partial charge in [-0.15, -0.1) is 0 Å². The number of hydrogen-bond acceptors (Lipinski definition) is 3. The molecule has 0 aliphatic carbocycles. The fourth-order valence-electron chi connectivity index (χ4n) is 4.16. The van der Waals surface area contributed by atoms with Crippen molar-refractivity contribution in [2.75, 3.05) is 0 Å². The molecule has 0 spiro atoms. The third kappa shape index (κ3) is 4.12. The molecule has 0 saturated carbocycles. The number of Topliss-reactive ketones (excluding diaryl/α,β-unsaturated/α-hetero) is 1. The van der Waals surface area contributed by atoms with Crippen molar-refractivity contribution in [2.24, 2.45) is 5.92 Å². The Morgan fingerprint density at radius 3 is 2.22 bits per heavy atom. The van der Waals surface area contributed by atoms with Crippen LogP contribution in [0.2, 0.25) is 0 Å². The maximum Gasteiger partial charge on any atom is 0.410 e. The molecule has 2 saturated heterocycles. The first-order valence-electron chi connectivity index (χ1n) is 9.27. The Morgan fingerprint density at radius 1 is 1.07 bits per heavy atom. The Hall–Kier alpha value is -2.05. The lowest BCUT2D eigenvalue weighted by Gasteiger charge is -2.48. The summed E-state index contributed by atoms with van der Waals surface area (Å²) in [6, 6.07) is 0.786. The predicted molar refractivity (Wildman–Crippen MR) is 92.9 cm³/mol. The van der Waals surface area contributed by atoms with Crippen LogP contribution in [0.4, 0.5) is 18.0 Å². The van der Waals surface area contributed by atoms with E-state index in [0.717, 1.165) is 25.3 Å². The predicted octanol–water partition coefficient (Wildman–Crippen LogP) is 4.85. The molecule has 3 rings (SSSR count). The number of amides is 1. The molecule has 2 aliphatic rings. The number of piperidine rings is 2. The monoisotopic (exact) mass is 383 g/mol. The van der Waals surface area contributed by atoms with Crippen LogP contribution in [0.1, 0.15) is 63.2 Å². The normalized spacial score (nSPS) is 25.3. The van der Waals surface area contributed by atoms with E-state index < -0.39 is 46.4 Å². The van der Waals surface area contributed by atoms with Gasteiger partial charge in [-0.05, 0) is 58.9 Å². The van der Waals surface area contributed by atoms with Crippen LogP contribution in [0.5, 0.6) is 0 Å². The zero-order valence-corrected chi connectivity index (χ0v) is 15.7. The third-order valence-corrected chi connectivity index (χ3v) is 5.21. The van der Waals surface area contributed by atoms with E-state index in [9.17, 15) is 22.8 Å². The molecule has 2 unspecified atom stereocenters. The highest BCUT2D eigenvalue weighted by atomic mass is 19.2. The summed E-state index contributed by atoms with van der Waals surface area (Å²) in [4.78, 5) is 27.0. The molecule has 2 fully saturated rings. The van der Waals surface area contributed by atoms with Crippen LogP contribution in [0, 0.1) is 23.4 Å². The molecule has 2 aliphatic heterocycles. The van der Waals surface area contributed by atoms with Gasteiger partial charge in [-0.25, -0.2) is 18.0 Å². The van der Waals surface area contributed by atoms with Crippen molar-refractivity contribution >= 4 is 11.9 Å². The number of hydrogen-bond donors (Lipinski definition) is 0. The SMILES string of the molecule is CC(C)(C)OC(=O)N1C2CCCC1CC(C(=O)c1cc(F)cc(F)c1F)C2. The summed E-state index contributed by atoms with van der Waals surface area (Å²) < 4.78 is 46.5. The smallest absolute Gasteiger partial charge is 0.410 e. The molecule has 2 atom stereocenters. The maximum absolute atomic E-state index is 14.0. The third-order valence-electron chi connectivity index (χ3n) is 5.21. The highest BCUT2D eigenvalue weighted by Gasteiger charge is 2.44. The largest absolute Gasteiger partial charge is 0.444 e. The fraction of sp³-hybridized carbons (Fsp3) is 0.600. The molecule has 0 aromatic heterocycles. The number of nitrogens with zero attached hydrogens (tertiary/aromatic N) is 1. The second kappa shape index (κ2) is 7.17. The summed E-state index contributed by atoms with van der Waals surface area (Å²) in [6.07, 6.45) is 2.64. The van der Waals surface area contributed by atoms with E-state index in [1.807, 2.05) is 0 Å². The molecule has 2 heterocycles. The van der Waals surface area contributed by atoms with Crippen molar-refractivity contribution < 1.29 is 27.5 Å². The van der Waals surface area contributed by atoms with Crippen LogP contribution < -0.4 is 0 Å². The van der Waals surface area contributed by atoms with E-state index in [1.54, 1.807) is 25.7 Å². The Labute approximate surface area is 156 Å². The molecular weight excluding hydrogens is 359 g/mol. The molecule has 148 valence electrons. The maximum atomic E-state index is 14.0. The molecule has 0 N–H and O–H groups in total. The van der Waals surface area contributed by atoms with Crippen molar-refractivity contribution in [2.45, 2.75) is 70.6 Å². The lowest BCUT2D eigenvalue weighted by Crippen LogP contribution is -2.56. The van der Waals surface area contributed by atoms with Crippen molar-refractivity contribution in [1.82, 2.24) is 4.90 Å². The average Bonchev–Trinajstić information content (AvgIpc) is 2.54. The van der Waals surface area contributed by atoms with Crippen molar-refractivity contribution in [1.29, 1.82) is 0 Å². The molecule has 27 heavy (non-hydrogen) atoms. The number of benzene rings is 1. The summed E-state index contributed by atoms with van der Waals surface area (Å²) >= 11 is 0. The van der Waals surface area contributed by atoms with E-state index >= 15 is 0 Å². The van der Waals surface area contributed by atoms with Gasteiger partial charge in [0.15, 0.2) is 17.4 Å². The zero-order chi connectivity index (χ0) is 19.9. The average molecular weight is 383 g/mol. The number of carbonyl (C=O) groups is 2. The number of ether oxygens (including phenoxy) is 1. The minimum atomic E-state index is -1.37. The topological polar surface area (TPSA) is 46.6 Å². The van der Waals surface area contributed by atoms with Crippen LogP contribution in [0.25, 0.3) is 0 Å². The molecule has 1 amide bonds. The summed E-state index contributed by atoms with van der Waals surface area (Å²) in [7, 11) is 0. The standard InChI is InChI=1S/C20H24F3NO3/c1-20(2,3)27-19(26)24-13-5-4-6-14(24)8-11(7-13)18(25)15-9-12(21)10-16(22)17(15)23/h9-11,13-14H,4-8H2,1-3H3.